The summed E-state index contributed by atoms with van der Waals surface area (Å²) in [6, 6.07) is 3.13. The second-order valence-electron chi connectivity index (χ2n) is 4.87. The summed E-state index contributed by atoms with van der Waals surface area (Å²) in [4.78, 5) is 16.4. The fraction of sp³-hybridized carbons (Fsp3) is 0.286. The molecule has 6 heteroatoms. The van der Waals surface area contributed by atoms with E-state index in [2.05, 4.69) is 4.98 Å². The van der Waals surface area contributed by atoms with Gasteiger partial charge < -0.3 is 5.73 Å². The fourth-order valence-electron chi connectivity index (χ4n) is 2.69. The largest absolute Gasteiger partial charge is 0.364 e. The van der Waals surface area contributed by atoms with Crippen LogP contribution in [0, 0.1) is 12.7 Å². The summed E-state index contributed by atoms with van der Waals surface area (Å²) < 4.78 is 13.9. The third kappa shape index (κ3) is 2.11. The van der Waals surface area contributed by atoms with Crippen LogP contribution >= 0.6 is 22.9 Å². The third-order valence-electron chi connectivity index (χ3n) is 3.60. The molecule has 0 radical (unpaired) electrons. The molecule has 104 valence electrons. The lowest BCUT2D eigenvalue weighted by atomic mass is 10.0. The van der Waals surface area contributed by atoms with Crippen molar-refractivity contribution in [2.75, 3.05) is 0 Å². The van der Waals surface area contributed by atoms with Gasteiger partial charge in [-0.1, -0.05) is 11.6 Å². The first-order valence-corrected chi connectivity index (χ1v) is 7.41. The summed E-state index contributed by atoms with van der Waals surface area (Å²) in [6.45, 7) is 1.82. The zero-order valence-electron chi connectivity index (χ0n) is 10.7. The SMILES string of the molecule is Cc1sc([C@@H]2CCc3c(F)cc(Cl)cc32)nc1C(N)=O. The van der Waals surface area contributed by atoms with Crippen molar-refractivity contribution in [3.63, 3.8) is 0 Å². The zero-order chi connectivity index (χ0) is 14.4. The number of thiazole rings is 1. The van der Waals surface area contributed by atoms with Crippen LogP contribution in [0.25, 0.3) is 0 Å². The average molecular weight is 311 g/mol. The van der Waals surface area contributed by atoms with Crippen LogP contribution in [-0.2, 0) is 6.42 Å². The van der Waals surface area contributed by atoms with Crippen LogP contribution in [0.5, 0.6) is 0 Å². The topological polar surface area (TPSA) is 56.0 Å². The molecule has 0 saturated carbocycles. The second kappa shape index (κ2) is 4.82. The number of carbonyl (C=O) groups is 1. The molecule has 3 nitrogen and oxygen atoms in total. The standard InChI is InChI=1S/C14H12ClFN2OS/c1-6-12(13(17)19)18-14(20-6)9-3-2-8-10(9)4-7(15)5-11(8)16/h4-5,9H,2-3H2,1H3,(H2,17,19)/t9-/m1/s1. The summed E-state index contributed by atoms with van der Waals surface area (Å²) in [5.74, 6) is -0.797. The number of halogens is 2. The number of aromatic nitrogens is 1. The van der Waals surface area contributed by atoms with Crippen LogP contribution in [0.3, 0.4) is 0 Å². The van der Waals surface area contributed by atoms with Gasteiger partial charge in [-0.3, -0.25) is 4.79 Å². The van der Waals surface area contributed by atoms with Gasteiger partial charge in [0.05, 0.1) is 0 Å². The Morgan fingerprint density at radius 3 is 2.95 bits per heavy atom. The predicted octanol–water partition coefficient (Wildman–Crippen LogP) is 3.42. The van der Waals surface area contributed by atoms with E-state index in [1.54, 1.807) is 6.07 Å². The Balaban J connectivity index is 2.07. The van der Waals surface area contributed by atoms with E-state index in [0.29, 0.717) is 22.7 Å². The molecule has 0 spiro atoms. The second-order valence-corrected chi connectivity index (χ2v) is 6.54. The number of aryl methyl sites for hydroxylation is 1. The molecule has 20 heavy (non-hydrogen) atoms. The summed E-state index contributed by atoms with van der Waals surface area (Å²) in [7, 11) is 0. The summed E-state index contributed by atoms with van der Waals surface area (Å²) in [5.41, 5.74) is 7.18. The van der Waals surface area contributed by atoms with Crippen molar-refractivity contribution in [2.24, 2.45) is 5.73 Å². The van der Waals surface area contributed by atoms with Gasteiger partial charge in [-0.25, -0.2) is 9.37 Å². The van der Waals surface area contributed by atoms with Crippen LogP contribution in [0.4, 0.5) is 4.39 Å². The minimum atomic E-state index is -0.527. The lowest BCUT2D eigenvalue weighted by Gasteiger charge is -2.09. The highest BCUT2D eigenvalue weighted by molar-refractivity contribution is 7.12. The number of amides is 1. The molecule has 1 heterocycles. The van der Waals surface area contributed by atoms with Gasteiger partial charge in [0.1, 0.15) is 16.5 Å². The number of nitrogens with two attached hydrogens (primary N) is 1. The molecule has 1 atom stereocenters. The highest BCUT2D eigenvalue weighted by Crippen LogP contribution is 2.42. The maximum absolute atomic E-state index is 13.9. The minimum Gasteiger partial charge on any atom is -0.364 e. The molecule has 0 saturated heterocycles. The van der Waals surface area contributed by atoms with Crippen LogP contribution in [0.15, 0.2) is 12.1 Å². The fourth-order valence-corrected chi connectivity index (χ4v) is 3.99. The van der Waals surface area contributed by atoms with Crippen molar-refractivity contribution in [1.29, 1.82) is 0 Å². The Bertz CT molecular complexity index is 713. The molecule has 2 N–H and O–H groups in total. The van der Waals surface area contributed by atoms with Crippen molar-refractivity contribution in [3.05, 3.63) is 49.7 Å². The number of hydrogen-bond donors (Lipinski definition) is 1. The van der Waals surface area contributed by atoms with Gasteiger partial charge >= 0.3 is 0 Å². The lowest BCUT2D eigenvalue weighted by molar-refractivity contribution is 0.0995. The number of carbonyl (C=O) groups excluding carboxylic acids is 1. The molecule has 1 aromatic heterocycles. The van der Waals surface area contributed by atoms with E-state index in [9.17, 15) is 9.18 Å². The van der Waals surface area contributed by atoms with Gasteiger partial charge in [-0.2, -0.15) is 0 Å². The molecule has 1 amide bonds. The number of fused-ring (bicyclic) bond motifs is 1. The first-order valence-electron chi connectivity index (χ1n) is 6.22. The van der Waals surface area contributed by atoms with Crippen LogP contribution in [0.2, 0.25) is 5.02 Å². The summed E-state index contributed by atoms with van der Waals surface area (Å²) in [6.07, 6.45) is 1.44. The van der Waals surface area contributed by atoms with Crippen molar-refractivity contribution in [2.45, 2.75) is 25.7 Å². The van der Waals surface area contributed by atoms with Gasteiger partial charge in [-0.15, -0.1) is 11.3 Å². The van der Waals surface area contributed by atoms with Gasteiger partial charge in [0.2, 0.25) is 0 Å². The third-order valence-corrected chi connectivity index (χ3v) is 4.90. The molecule has 0 unspecified atom stereocenters. The van der Waals surface area contributed by atoms with Gasteiger partial charge in [0.15, 0.2) is 0 Å². The monoisotopic (exact) mass is 310 g/mol. The highest BCUT2D eigenvalue weighted by atomic mass is 35.5. The highest BCUT2D eigenvalue weighted by Gasteiger charge is 2.30. The molecule has 1 aliphatic rings. The zero-order valence-corrected chi connectivity index (χ0v) is 12.3. The molecule has 3 rings (SSSR count). The summed E-state index contributed by atoms with van der Waals surface area (Å²) in [5, 5.41) is 1.19. The number of benzene rings is 1. The van der Waals surface area contributed by atoms with Crippen molar-refractivity contribution < 1.29 is 9.18 Å². The Kier molecular flexibility index (Phi) is 3.26. The van der Waals surface area contributed by atoms with Crippen LogP contribution in [0.1, 0.15) is 43.8 Å². The first-order chi connectivity index (χ1) is 9.47. The molecular formula is C14H12ClFN2OS. The van der Waals surface area contributed by atoms with Crippen LogP contribution < -0.4 is 5.73 Å². The molecule has 0 fully saturated rings. The predicted molar refractivity (Wildman–Crippen MR) is 76.9 cm³/mol. The Morgan fingerprint density at radius 2 is 2.30 bits per heavy atom. The van der Waals surface area contributed by atoms with Crippen LogP contribution in [-0.4, -0.2) is 10.9 Å². The number of primary amides is 1. The Morgan fingerprint density at radius 1 is 1.55 bits per heavy atom. The Labute approximate surface area is 124 Å². The molecule has 0 aliphatic heterocycles. The smallest absolute Gasteiger partial charge is 0.268 e. The lowest BCUT2D eigenvalue weighted by Crippen LogP contribution is -2.13. The normalized spacial score (nSPS) is 17.2. The quantitative estimate of drug-likeness (QED) is 0.924. The molecule has 2 aromatic rings. The van der Waals surface area contributed by atoms with Gasteiger partial charge in [-0.05, 0) is 43.0 Å². The van der Waals surface area contributed by atoms with E-state index in [4.69, 9.17) is 17.3 Å². The molecular weight excluding hydrogens is 299 g/mol. The van der Waals surface area contributed by atoms with Crippen molar-refractivity contribution in [3.8, 4) is 0 Å². The minimum absolute atomic E-state index is 0.00463. The van der Waals surface area contributed by atoms with Gasteiger partial charge in [0, 0.05) is 15.8 Å². The van der Waals surface area contributed by atoms with E-state index in [0.717, 1.165) is 21.9 Å². The number of hydrogen-bond acceptors (Lipinski definition) is 3. The maximum Gasteiger partial charge on any atom is 0.268 e. The molecule has 1 aromatic carbocycles. The molecule has 0 bridgehead atoms. The molecule has 1 aliphatic carbocycles. The van der Waals surface area contributed by atoms with E-state index >= 15 is 0 Å². The Hall–Kier alpha value is -1.46. The summed E-state index contributed by atoms with van der Waals surface area (Å²) >= 11 is 7.38. The average Bonchev–Trinajstić information content (AvgIpc) is 2.92. The first kappa shape index (κ1) is 13.5. The van der Waals surface area contributed by atoms with Crippen molar-refractivity contribution >= 4 is 28.8 Å². The number of nitrogens with zero attached hydrogens (tertiary/aromatic N) is 1. The van der Waals surface area contributed by atoms with E-state index in [-0.39, 0.29) is 11.7 Å². The van der Waals surface area contributed by atoms with Crippen molar-refractivity contribution in [1.82, 2.24) is 4.98 Å². The number of rotatable bonds is 2. The van der Waals surface area contributed by atoms with E-state index < -0.39 is 5.91 Å². The maximum atomic E-state index is 13.9. The van der Waals surface area contributed by atoms with Gasteiger partial charge in [0.25, 0.3) is 5.91 Å². The van der Waals surface area contributed by atoms with E-state index in [1.807, 2.05) is 6.92 Å². The van der Waals surface area contributed by atoms with E-state index in [1.165, 1.54) is 17.4 Å².